The Morgan fingerprint density at radius 2 is 2.19 bits per heavy atom. The molecule has 0 amide bonds. The van der Waals surface area contributed by atoms with Crippen LogP contribution in [0.15, 0.2) is 28.2 Å². The van der Waals surface area contributed by atoms with Crippen molar-refractivity contribution >= 4 is 17.7 Å². The van der Waals surface area contributed by atoms with Crippen molar-refractivity contribution in [2.24, 2.45) is 5.92 Å². The molecule has 1 N–H and O–H groups in total. The third-order valence-corrected chi connectivity index (χ3v) is 4.42. The number of nitrogens with zero attached hydrogens (tertiary/aromatic N) is 2. The molecule has 8 heteroatoms. The molecule has 0 radical (unpaired) electrons. The molecule has 0 aliphatic heterocycles. The Labute approximate surface area is 154 Å². The molecule has 0 atom stereocenters. The summed E-state index contributed by atoms with van der Waals surface area (Å²) in [5.41, 5.74) is 0.233. The average Bonchev–Trinajstić information content (AvgIpc) is 3.47. The van der Waals surface area contributed by atoms with E-state index < -0.39 is 5.56 Å². The third-order valence-electron chi connectivity index (χ3n) is 3.84. The van der Waals surface area contributed by atoms with Gasteiger partial charge in [-0.2, -0.15) is 5.26 Å². The predicted molar refractivity (Wildman–Crippen MR) is 96.3 cm³/mol. The van der Waals surface area contributed by atoms with Gasteiger partial charge in [-0.3, -0.25) is 9.59 Å². The van der Waals surface area contributed by atoms with Crippen LogP contribution < -0.4 is 15.0 Å². The van der Waals surface area contributed by atoms with Crippen molar-refractivity contribution in [1.82, 2.24) is 9.97 Å². The lowest BCUT2D eigenvalue weighted by atomic mass is 10.1. The first-order valence-electron chi connectivity index (χ1n) is 8.14. The van der Waals surface area contributed by atoms with Crippen LogP contribution in [-0.2, 0) is 4.79 Å². The number of esters is 1. The highest BCUT2D eigenvalue weighted by atomic mass is 32.2. The van der Waals surface area contributed by atoms with E-state index in [1.165, 1.54) is 11.8 Å². The van der Waals surface area contributed by atoms with Gasteiger partial charge in [-0.25, -0.2) is 4.98 Å². The van der Waals surface area contributed by atoms with Crippen LogP contribution in [0.2, 0.25) is 0 Å². The number of ether oxygens (including phenoxy) is 2. The van der Waals surface area contributed by atoms with E-state index in [4.69, 9.17) is 9.47 Å². The molecule has 1 aliphatic rings. The van der Waals surface area contributed by atoms with Crippen molar-refractivity contribution in [3.63, 3.8) is 0 Å². The summed E-state index contributed by atoms with van der Waals surface area (Å²) in [6.45, 7) is 2.19. The van der Waals surface area contributed by atoms with Crippen LogP contribution in [0, 0.1) is 17.2 Å². The predicted octanol–water partition coefficient (Wildman–Crippen LogP) is 2.74. The van der Waals surface area contributed by atoms with E-state index >= 15 is 0 Å². The van der Waals surface area contributed by atoms with Crippen molar-refractivity contribution in [3.05, 3.63) is 34.1 Å². The maximum Gasteiger partial charge on any atom is 0.314 e. The van der Waals surface area contributed by atoms with Gasteiger partial charge < -0.3 is 14.5 Å². The maximum atomic E-state index is 12.1. The Bertz CT molecular complexity index is 944. The second-order valence-corrected chi connectivity index (χ2v) is 6.50. The van der Waals surface area contributed by atoms with Crippen LogP contribution >= 0.6 is 11.8 Å². The molecule has 0 spiro atoms. The summed E-state index contributed by atoms with van der Waals surface area (Å²) in [4.78, 5) is 30.9. The summed E-state index contributed by atoms with van der Waals surface area (Å²) in [6, 6.07) is 6.78. The number of thioether (sulfide) groups is 1. The van der Waals surface area contributed by atoms with E-state index in [9.17, 15) is 14.9 Å². The summed E-state index contributed by atoms with van der Waals surface area (Å²) in [5, 5.41) is 9.73. The van der Waals surface area contributed by atoms with Gasteiger partial charge in [-0.15, -0.1) is 0 Å². The van der Waals surface area contributed by atoms with E-state index in [1.54, 1.807) is 24.5 Å². The van der Waals surface area contributed by atoms with Crippen LogP contribution in [0.25, 0.3) is 11.3 Å². The number of benzene rings is 1. The fraction of sp³-hybridized carbons (Fsp3) is 0.333. The lowest BCUT2D eigenvalue weighted by Gasteiger charge is -2.13. The second-order valence-electron chi connectivity index (χ2n) is 5.70. The lowest BCUT2D eigenvalue weighted by molar-refractivity contribution is -0.135. The number of nitrogens with one attached hydrogen (secondary N) is 1. The lowest BCUT2D eigenvalue weighted by Crippen LogP contribution is -2.15. The van der Waals surface area contributed by atoms with Gasteiger partial charge in [0.2, 0.25) is 0 Å². The maximum absolute atomic E-state index is 12.1. The fourth-order valence-electron chi connectivity index (χ4n) is 2.38. The molecular formula is C18H17N3O4S. The number of rotatable bonds is 6. The molecule has 1 fully saturated rings. The average molecular weight is 371 g/mol. The van der Waals surface area contributed by atoms with Crippen molar-refractivity contribution in [2.45, 2.75) is 24.9 Å². The first kappa shape index (κ1) is 18.0. The first-order chi connectivity index (χ1) is 12.6. The minimum absolute atomic E-state index is 0.0344. The molecule has 1 saturated carbocycles. The highest BCUT2D eigenvalue weighted by Crippen LogP contribution is 2.36. The number of hydrogen-bond donors (Lipinski definition) is 1. The number of carbonyl (C=O) groups is 1. The van der Waals surface area contributed by atoms with Crippen molar-refractivity contribution in [3.8, 4) is 28.8 Å². The number of hydrogen-bond acceptors (Lipinski definition) is 7. The number of H-pyrrole nitrogens is 1. The van der Waals surface area contributed by atoms with Crippen molar-refractivity contribution < 1.29 is 14.3 Å². The normalized spacial score (nSPS) is 13.1. The molecule has 1 aliphatic carbocycles. The SMILES string of the molecule is CCOc1cc(-c2nc(SC)[nH]c(=O)c2C#N)ccc1OC(=O)C1CC1. The zero-order valence-electron chi connectivity index (χ0n) is 14.4. The highest BCUT2D eigenvalue weighted by molar-refractivity contribution is 7.98. The quantitative estimate of drug-likeness (QED) is 0.360. The van der Waals surface area contributed by atoms with Gasteiger partial charge >= 0.3 is 5.97 Å². The summed E-state index contributed by atoms with van der Waals surface area (Å²) in [7, 11) is 0. The van der Waals surface area contributed by atoms with Gasteiger partial charge in [-0.05, 0) is 44.2 Å². The minimum atomic E-state index is -0.496. The highest BCUT2D eigenvalue weighted by Gasteiger charge is 2.32. The molecule has 0 saturated heterocycles. The fourth-order valence-corrected chi connectivity index (χ4v) is 2.76. The molecular weight excluding hydrogens is 354 g/mol. The molecule has 7 nitrogen and oxygen atoms in total. The third kappa shape index (κ3) is 3.73. The Hall–Kier alpha value is -2.79. The zero-order valence-corrected chi connectivity index (χ0v) is 15.2. The summed E-state index contributed by atoms with van der Waals surface area (Å²) >= 11 is 1.27. The van der Waals surface area contributed by atoms with Crippen LogP contribution in [0.4, 0.5) is 0 Å². The minimum Gasteiger partial charge on any atom is -0.490 e. The van der Waals surface area contributed by atoms with Crippen molar-refractivity contribution in [2.75, 3.05) is 12.9 Å². The Morgan fingerprint density at radius 1 is 1.42 bits per heavy atom. The molecule has 1 heterocycles. The van der Waals surface area contributed by atoms with E-state index in [-0.39, 0.29) is 23.1 Å². The van der Waals surface area contributed by atoms with Crippen LogP contribution in [-0.4, -0.2) is 28.8 Å². The Morgan fingerprint density at radius 3 is 2.81 bits per heavy atom. The monoisotopic (exact) mass is 371 g/mol. The summed E-state index contributed by atoms with van der Waals surface area (Å²) < 4.78 is 11.0. The van der Waals surface area contributed by atoms with E-state index in [0.717, 1.165) is 12.8 Å². The van der Waals surface area contributed by atoms with Crippen LogP contribution in [0.5, 0.6) is 11.5 Å². The van der Waals surface area contributed by atoms with Crippen LogP contribution in [0.1, 0.15) is 25.3 Å². The molecule has 134 valence electrons. The van der Waals surface area contributed by atoms with E-state index in [0.29, 0.717) is 28.8 Å². The van der Waals surface area contributed by atoms with Gasteiger partial charge in [0, 0.05) is 5.56 Å². The number of aromatic nitrogens is 2. The largest absolute Gasteiger partial charge is 0.490 e. The molecule has 1 aromatic heterocycles. The number of carbonyl (C=O) groups excluding carboxylic acids is 1. The molecule has 2 aromatic rings. The Balaban J connectivity index is 2.04. The van der Waals surface area contributed by atoms with E-state index in [2.05, 4.69) is 9.97 Å². The van der Waals surface area contributed by atoms with Gasteiger partial charge in [-0.1, -0.05) is 11.8 Å². The summed E-state index contributed by atoms with van der Waals surface area (Å²) in [6.07, 6.45) is 3.47. The van der Waals surface area contributed by atoms with Gasteiger partial charge in [0.1, 0.15) is 11.6 Å². The molecule has 0 bridgehead atoms. The van der Waals surface area contributed by atoms with Gasteiger partial charge in [0.15, 0.2) is 16.7 Å². The zero-order chi connectivity index (χ0) is 18.7. The number of aromatic amines is 1. The second kappa shape index (κ2) is 7.62. The Kier molecular flexibility index (Phi) is 5.28. The summed E-state index contributed by atoms with van der Waals surface area (Å²) in [5.74, 6) is 0.389. The molecule has 0 unspecified atom stereocenters. The smallest absolute Gasteiger partial charge is 0.314 e. The van der Waals surface area contributed by atoms with E-state index in [1.807, 2.05) is 13.0 Å². The standard InChI is InChI=1S/C18H17N3O4S/c1-3-24-14-8-11(6-7-13(14)25-17(23)10-4-5-10)15-12(9-19)16(22)21-18(20-15)26-2/h6-8,10H,3-5H2,1-2H3,(H,20,21,22). The molecule has 26 heavy (non-hydrogen) atoms. The molecule has 1 aromatic carbocycles. The molecule has 3 rings (SSSR count). The van der Waals surface area contributed by atoms with Crippen LogP contribution in [0.3, 0.4) is 0 Å². The first-order valence-corrected chi connectivity index (χ1v) is 9.37. The topological polar surface area (TPSA) is 105 Å². The van der Waals surface area contributed by atoms with Crippen molar-refractivity contribution in [1.29, 1.82) is 5.26 Å². The number of nitriles is 1. The van der Waals surface area contributed by atoms with Gasteiger partial charge in [0.05, 0.1) is 18.2 Å². The van der Waals surface area contributed by atoms with Gasteiger partial charge in [0.25, 0.3) is 5.56 Å².